The van der Waals surface area contributed by atoms with E-state index in [1.807, 2.05) is 32.0 Å². The molecule has 1 N–H and O–H groups in total. The zero-order valence-corrected chi connectivity index (χ0v) is 18.7. The maximum absolute atomic E-state index is 5.43. The zero-order chi connectivity index (χ0) is 19.7. The molecule has 0 bridgehead atoms. The molecule has 5 nitrogen and oxygen atoms in total. The molecule has 0 fully saturated rings. The highest BCUT2D eigenvalue weighted by Gasteiger charge is 1.93. The van der Waals surface area contributed by atoms with Crippen LogP contribution in [-0.4, -0.2) is 71.7 Å². The third kappa shape index (κ3) is 28.5. The summed E-state index contributed by atoms with van der Waals surface area (Å²) in [4.78, 5) is 4.36. The molecule has 0 aromatic heterocycles. The van der Waals surface area contributed by atoms with E-state index in [1.165, 1.54) is 19.3 Å². The Morgan fingerprint density at radius 1 is 0.885 bits per heavy atom. The minimum atomic E-state index is 0.569. The van der Waals surface area contributed by atoms with Crippen LogP contribution in [0.4, 0.5) is 0 Å². The quantitative estimate of drug-likeness (QED) is 0.168. The molecule has 0 rings (SSSR count). The van der Waals surface area contributed by atoms with E-state index < -0.39 is 0 Å². The fraction of sp³-hybridized carbons (Fsp3) is 0.850. The molecule has 0 aliphatic carbocycles. The van der Waals surface area contributed by atoms with Crippen LogP contribution in [0.15, 0.2) is 17.1 Å². The van der Waals surface area contributed by atoms with Gasteiger partial charge in [-0.2, -0.15) is 0 Å². The highest BCUT2D eigenvalue weighted by molar-refractivity contribution is 7.15. The van der Waals surface area contributed by atoms with Crippen LogP contribution in [-0.2, 0) is 14.2 Å². The van der Waals surface area contributed by atoms with E-state index in [-0.39, 0.29) is 0 Å². The van der Waals surface area contributed by atoms with Crippen molar-refractivity contribution in [1.82, 2.24) is 5.32 Å². The van der Waals surface area contributed by atoms with Crippen LogP contribution in [0.5, 0.6) is 0 Å². The largest absolute Gasteiger partial charge is 0.377 e. The Morgan fingerprint density at radius 2 is 1.50 bits per heavy atom. The van der Waals surface area contributed by atoms with Gasteiger partial charge >= 0.3 is 0 Å². The molecule has 1 atom stereocenters. The van der Waals surface area contributed by atoms with Crippen molar-refractivity contribution in [3.05, 3.63) is 12.2 Å². The van der Waals surface area contributed by atoms with Crippen molar-refractivity contribution < 1.29 is 14.2 Å². The summed E-state index contributed by atoms with van der Waals surface area (Å²) in [5.74, 6) is 0. The highest BCUT2D eigenvalue weighted by Crippen LogP contribution is 1.99. The summed E-state index contributed by atoms with van der Waals surface area (Å²) >= 11 is 0. The van der Waals surface area contributed by atoms with Crippen LogP contribution < -0.4 is 5.32 Å². The molecule has 0 saturated carbocycles. The molecule has 0 aliphatic rings. The molecule has 0 saturated heterocycles. The van der Waals surface area contributed by atoms with Crippen molar-refractivity contribution in [2.45, 2.75) is 52.5 Å². The standard InChI is InChI=1S/C19H38N2O3.CH5P/c1-4-5-13-22-15-17-24-18-16-23-14-12-20-10-8-6-7-9-11-21-19(2)3;1-2/h4-5,12,19,21H,6-11,13-18H2,1-3H3;2H2,1H3/b5-4+,20-12?;. The van der Waals surface area contributed by atoms with Crippen molar-refractivity contribution in [2.24, 2.45) is 4.99 Å². The summed E-state index contributed by atoms with van der Waals surface area (Å²) in [6.45, 7) is 14.0. The second-order valence-electron chi connectivity index (χ2n) is 5.94. The molecule has 0 amide bonds. The molecule has 0 aromatic carbocycles. The molecule has 26 heavy (non-hydrogen) atoms. The number of nitrogens with zero attached hydrogens (tertiary/aromatic N) is 1. The van der Waals surface area contributed by atoms with Crippen LogP contribution in [0.25, 0.3) is 0 Å². The lowest BCUT2D eigenvalue weighted by Crippen LogP contribution is -2.23. The van der Waals surface area contributed by atoms with Crippen LogP contribution >= 0.6 is 9.24 Å². The summed E-state index contributed by atoms with van der Waals surface area (Å²) in [7, 11) is 2.42. The van der Waals surface area contributed by atoms with Gasteiger partial charge in [-0.25, -0.2) is 0 Å². The van der Waals surface area contributed by atoms with E-state index in [4.69, 9.17) is 14.2 Å². The van der Waals surface area contributed by atoms with E-state index in [0.717, 1.165) is 19.5 Å². The molecule has 0 heterocycles. The van der Waals surface area contributed by atoms with E-state index >= 15 is 0 Å². The Balaban J connectivity index is 0. The van der Waals surface area contributed by atoms with Crippen molar-refractivity contribution in [2.75, 3.05) is 59.4 Å². The second-order valence-corrected chi connectivity index (χ2v) is 5.94. The molecule has 0 aliphatic heterocycles. The van der Waals surface area contributed by atoms with Crippen molar-refractivity contribution in [1.29, 1.82) is 0 Å². The van der Waals surface area contributed by atoms with Gasteiger partial charge in [-0.3, -0.25) is 4.99 Å². The van der Waals surface area contributed by atoms with E-state index in [9.17, 15) is 0 Å². The summed E-state index contributed by atoms with van der Waals surface area (Å²) in [5, 5.41) is 3.43. The average molecular weight is 391 g/mol. The Bertz CT molecular complexity index is 301. The van der Waals surface area contributed by atoms with Crippen molar-refractivity contribution in [3.8, 4) is 0 Å². The Hall–Kier alpha value is -0.320. The van der Waals surface area contributed by atoms with Gasteiger partial charge in [0, 0.05) is 18.8 Å². The van der Waals surface area contributed by atoms with E-state index in [1.54, 1.807) is 0 Å². The number of hydrogen-bond donors (Lipinski definition) is 1. The number of hydrogen-bond acceptors (Lipinski definition) is 5. The number of ether oxygens (including phenoxy) is 3. The van der Waals surface area contributed by atoms with Gasteiger partial charge in [-0.1, -0.05) is 45.5 Å². The predicted octanol–water partition coefficient (Wildman–Crippen LogP) is 3.73. The van der Waals surface area contributed by atoms with Gasteiger partial charge in [0.2, 0.25) is 0 Å². The first-order valence-electron chi connectivity index (χ1n) is 9.91. The van der Waals surface area contributed by atoms with Crippen LogP contribution in [0.3, 0.4) is 0 Å². The highest BCUT2D eigenvalue weighted by atomic mass is 31.0. The van der Waals surface area contributed by atoms with Gasteiger partial charge < -0.3 is 19.5 Å². The third-order valence-electron chi connectivity index (χ3n) is 3.28. The maximum Gasteiger partial charge on any atom is 0.0815 e. The van der Waals surface area contributed by atoms with Crippen LogP contribution in [0.2, 0.25) is 0 Å². The zero-order valence-electron chi connectivity index (χ0n) is 17.5. The number of rotatable bonds is 18. The van der Waals surface area contributed by atoms with Crippen LogP contribution in [0.1, 0.15) is 46.5 Å². The first kappa shape index (κ1) is 27.9. The Labute approximate surface area is 164 Å². The predicted molar refractivity (Wildman–Crippen MR) is 118 cm³/mol. The summed E-state index contributed by atoms with van der Waals surface area (Å²) in [6, 6.07) is 0.594. The molecule has 1 unspecified atom stereocenters. The first-order valence-corrected chi connectivity index (χ1v) is 11.1. The van der Waals surface area contributed by atoms with Gasteiger partial charge in [-0.15, -0.1) is 9.24 Å². The lowest BCUT2D eigenvalue weighted by molar-refractivity contribution is 0.0273. The SMILES string of the molecule is C/C=C/COCCOCCOCC=NCCCCCCNC(C)C.CP. The smallest absolute Gasteiger partial charge is 0.0815 e. The minimum absolute atomic E-state index is 0.569. The lowest BCUT2D eigenvalue weighted by atomic mass is 10.2. The molecule has 156 valence electrons. The second kappa shape index (κ2) is 26.9. The fourth-order valence-electron chi connectivity index (χ4n) is 1.94. The number of unbranched alkanes of at least 4 members (excludes halogenated alkanes) is 3. The van der Waals surface area contributed by atoms with E-state index in [2.05, 4.69) is 33.4 Å². The van der Waals surface area contributed by atoms with Crippen molar-refractivity contribution in [3.63, 3.8) is 0 Å². The number of aliphatic imine (C=N–C) groups is 1. The normalized spacial score (nSPS) is 11.5. The molecular weight excluding hydrogens is 347 g/mol. The third-order valence-corrected chi connectivity index (χ3v) is 3.28. The molecule has 0 aromatic rings. The van der Waals surface area contributed by atoms with E-state index in [0.29, 0.717) is 45.7 Å². The van der Waals surface area contributed by atoms with Gasteiger partial charge in [-0.05, 0) is 26.3 Å². The Morgan fingerprint density at radius 3 is 2.15 bits per heavy atom. The fourth-order valence-corrected chi connectivity index (χ4v) is 1.94. The molecule has 0 radical (unpaired) electrons. The first-order chi connectivity index (χ1) is 12.8. The minimum Gasteiger partial charge on any atom is -0.377 e. The monoisotopic (exact) mass is 390 g/mol. The molecule has 6 heteroatoms. The average Bonchev–Trinajstić information content (AvgIpc) is 2.65. The molecule has 0 spiro atoms. The summed E-state index contributed by atoms with van der Waals surface area (Å²) < 4.78 is 16.1. The topological polar surface area (TPSA) is 52.1 Å². The maximum atomic E-state index is 5.43. The number of allylic oxidation sites excluding steroid dienone is 1. The van der Waals surface area contributed by atoms with Gasteiger partial charge in [0.25, 0.3) is 0 Å². The summed E-state index contributed by atoms with van der Waals surface area (Å²) in [5.41, 5.74) is 0. The molecular formula is C20H43N2O3P. The summed E-state index contributed by atoms with van der Waals surface area (Å²) in [6.07, 6.45) is 10.8. The van der Waals surface area contributed by atoms with Gasteiger partial charge in [0.1, 0.15) is 0 Å². The number of nitrogens with one attached hydrogen (secondary N) is 1. The van der Waals surface area contributed by atoms with Crippen LogP contribution in [0, 0.1) is 0 Å². The Kier molecular flexibility index (Phi) is 28.9. The van der Waals surface area contributed by atoms with Gasteiger partial charge in [0.15, 0.2) is 0 Å². The van der Waals surface area contributed by atoms with Crippen molar-refractivity contribution >= 4 is 15.5 Å². The van der Waals surface area contributed by atoms with Gasteiger partial charge in [0.05, 0.1) is 39.6 Å². The lowest BCUT2D eigenvalue weighted by Gasteiger charge is -2.06.